The first kappa shape index (κ1) is 19.2. The van der Waals surface area contributed by atoms with Crippen molar-refractivity contribution in [3.63, 3.8) is 0 Å². The Morgan fingerprint density at radius 3 is 2.46 bits per heavy atom. The SMILES string of the molecule is Nc1ccn([C@@H]2O[C@H](CO)[C@H]3O[C@](c4ccccc4)(P(=O)(O)O)O[C@H]32)c(=O)n1. The molecule has 2 saturated heterocycles. The molecule has 3 heterocycles. The maximum atomic E-state index is 12.4. The fourth-order valence-corrected chi connectivity index (χ4v) is 4.46. The van der Waals surface area contributed by atoms with E-state index in [1.54, 1.807) is 18.2 Å². The van der Waals surface area contributed by atoms with Gasteiger partial charge in [-0.05, 0) is 6.07 Å². The Kier molecular flexibility index (Phi) is 4.63. The summed E-state index contributed by atoms with van der Waals surface area (Å²) in [7, 11) is -5.00. The van der Waals surface area contributed by atoms with Gasteiger partial charge in [0, 0.05) is 11.8 Å². The first-order valence-electron chi connectivity index (χ1n) is 8.34. The summed E-state index contributed by atoms with van der Waals surface area (Å²) in [5.74, 6) is 0.00643. The second-order valence-corrected chi connectivity index (χ2v) is 8.12. The first-order chi connectivity index (χ1) is 13.3. The van der Waals surface area contributed by atoms with Gasteiger partial charge in [0.1, 0.15) is 24.1 Å². The Balaban J connectivity index is 1.79. The van der Waals surface area contributed by atoms with E-state index in [4.69, 9.17) is 19.9 Å². The van der Waals surface area contributed by atoms with Crippen molar-refractivity contribution in [2.45, 2.75) is 30.1 Å². The van der Waals surface area contributed by atoms with Crippen LogP contribution < -0.4 is 11.4 Å². The molecule has 0 bridgehead atoms. The molecule has 0 amide bonds. The molecular formula is C16H18N3O8P. The highest BCUT2D eigenvalue weighted by molar-refractivity contribution is 7.52. The Bertz CT molecular complexity index is 979. The summed E-state index contributed by atoms with van der Waals surface area (Å²) in [6, 6.07) is 9.13. The Morgan fingerprint density at radius 1 is 1.18 bits per heavy atom. The van der Waals surface area contributed by atoms with Gasteiger partial charge in [-0.3, -0.25) is 9.13 Å². The normalized spacial score (nSPS) is 32.4. The van der Waals surface area contributed by atoms with E-state index in [1.165, 1.54) is 24.4 Å². The van der Waals surface area contributed by atoms with Gasteiger partial charge >= 0.3 is 18.8 Å². The van der Waals surface area contributed by atoms with Gasteiger partial charge in [0.2, 0.25) is 0 Å². The van der Waals surface area contributed by atoms with Crippen LogP contribution in [0.15, 0.2) is 47.4 Å². The molecular weight excluding hydrogens is 393 g/mol. The molecule has 0 unspecified atom stereocenters. The van der Waals surface area contributed by atoms with Crippen LogP contribution in [-0.4, -0.2) is 49.4 Å². The van der Waals surface area contributed by atoms with E-state index in [9.17, 15) is 24.3 Å². The quantitative estimate of drug-likeness (QED) is 0.481. The van der Waals surface area contributed by atoms with Gasteiger partial charge in [0.05, 0.1) is 6.61 Å². The zero-order valence-electron chi connectivity index (χ0n) is 14.4. The molecule has 0 spiro atoms. The number of rotatable bonds is 4. The maximum absolute atomic E-state index is 12.4. The largest absolute Gasteiger partial charge is 0.394 e. The van der Waals surface area contributed by atoms with Crippen molar-refractivity contribution in [3.8, 4) is 0 Å². The van der Waals surface area contributed by atoms with Crippen LogP contribution >= 0.6 is 7.60 Å². The van der Waals surface area contributed by atoms with E-state index < -0.39 is 50.0 Å². The summed E-state index contributed by atoms with van der Waals surface area (Å²) in [5, 5.41) is 9.66. The molecule has 150 valence electrons. The van der Waals surface area contributed by atoms with E-state index in [0.29, 0.717) is 0 Å². The zero-order valence-corrected chi connectivity index (χ0v) is 15.3. The number of anilines is 1. The lowest BCUT2D eigenvalue weighted by Crippen LogP contribution is -2.35. The number of aromatic nitrogens is 2. The second-order valence-electron chi connectivity index (χ2n) is 6.45. The molecule has 11 nitrogen and oxygen atoms in total. The lowest BCUT2D eigenvalue weighted by Gasteiger charge is -2.31. The van der Waals surface area contributed by atoms with E-state index in [-0.39, 0.29) is 11.4 Å². The van der Waals surface area contributed by atoms with Crippen molar-refractivity contribution < 1.29 is 33.7 Å². The molecule has 0 saturated carbocycles. The number of hydrogen-bond donors (Lipinski definition) is 4. The third-order valence-corrected chi connectivity index (χ3v) is 5.94. The molecule has 2 aliphatic rings. The second kappa shape index (κ2) is 6.75. The number of hydrogen-bond acceptors (Lipinski definition) is 8. The van der Waals surface area contributed by atoms with Crippen molar-refractivity contribution in [1.29, 1.82) is 0 Å². The first-order valence-corrected chi connectivity index (χ1v) is 9.96. The molecule has 5 N–H and O–H groups in total. The number of aliphatic hydroxyl groups is 1. The fourth-order valence-electron chi connectivity index (χ4n) is 3.45. The van der Waals surface area contributed by atoms with Crippen molar-refractivity contribution in [2.24, 2.45) is 0 Å². The molecule has 28 heavy (non-hydrogen) atoms. The monoisotopic (exact) mass is 411 g/mol. The fraction of sp³-hybridized carbons (Fsp3) is 0.375. The van der Waals surface area contributed by atoms with Crippen LogP contribution in [0.1, 0.15) is 11.8 Å². The predicted molar refractivity (Wildman–Crippen MR) is 93.8 cm³/mol. The molecule has 2 fully saturated rings. The highest BCUT2D eigenvalue weighted by atomic mass is 31.2. The van der Waals surface area contributed by atoms with E-state index >= 15 is 0 Å². The Hall–Kier alpha value is -2.11. The van der Waals surface area contributed by atoms with Crippen LogP contribution in [0.4, 0.5) is 5.82 Å². The average Bonchev–Trinajstić information content (AvgIpc) is 3.19. The van der Waals surface area contributed by atoms with Gasteiger partial charge in [-0.1, -0.05) is 30.3 Å². The summed E-state index contributed by atoms with van der Waals surface area (Å²) in [5.41, 5.74) is 2.48. The topological polar surface area (TPSA) is 166 Å². The minimum absolute atomic E-state index is 0.00643. The minimum Gasteiger partial charge on any atom is -0.394 e. The minimum atomic E-state index is -5.00. The number of nitrogens with zero attached hydrogens (tertiary/aromatic N) is 2. The summed E-state index contributed by atoms with van der Waals surface area (Å²) >= 11 is 0. The smallest absolute Gasteiger partial charge is 0.389 e. The van der Waals surface area contributed by atoms with Gasteiger partial charge in [0.25, 0.3) is 0 Å². The highest BCUT2D eigenvalue weighted by Gasteiger charge is 2.66. The lowest BCUT2D eigenvalue weighted by atomic mass is 10.1. The van der Waals surface area contributed by atoms with Gasteiger partial charge in [0.15, 0.2) is 6.23 Å². The molecule has 12 heteroatoms. The van der Waals surface area contributed by atoms with Gasteiger partial charge < -0.3 is 34.8 Å². The summed E-state index contributed by atoms with van der Waals surface area (Å²) in [4.78, 5) is 35.9. The molecule has 2 aromatic rings. The van der Waals surface area contributed by atoms with Crippen molar-refractivity contribution in [3.05, 3.63) is 58.6 Å². The van der Waals surface area contributed by atoms with Crippen LogP contribution in [0.5, 0.6) is 0 Å². The third kappa shape index (κ3) is 2.88. The maximum Gasteiger partial charge on any atom is 0.389 e. The van der Waals surface area contributed by atoms with Crippen molar-refractivity contribution in [2.75, 3.05) is 12.3 Å². The molecule has 5 atom stereocenters. The molecule has 4 rings (SSSR count). The van der Waals surface area contributed by atoms with Crippen LogP contribution in [0.25, 0.3) is 0 Å². The average molecular weight is 411 g/mol. The third-order valence-electron chi connectivity index (χ3n) is 4.70. The number of ether oxygens (including phenoxy) is 3. The number of fused-ring (bicyclic) bond motifs is 1. The molecule has 0 radical (unpaired) electrons. The van der Waals surface area contributed by atoms with Gasteiger partial charge in [-0.15, -0.1) is 0 Å². The summed E-state index contributed by atoms with van der Waals surface area (Å²) in [6.07, 6.45) is -2.90. The van der Waals surface area contributed by atoms with Crippen LogP contribution in [0.3, 0.4) is 0 Å². The van der Waals surface area contributed by atoms with Crippen molar-refractivity contribution in [1.82, 2.24) is 9.55 Å². The summed E-state index contributed by atoms with van der Waals surface area (Å²) < 4.78 is 30.6. The lowest BCUT2D eigenvalue weighted by molar-refractivity contribution is -0.189. The van der Waals surface area contributed by atoms with E-state index in [2.05, 4.69) is 4.98 Å². The van der Waals surface area contributed by atoms with Gasteiger partial charge in [-0.25, -0.2) is 4.79 Å². The van der Waals surface area contributed by atoms with E-state index in [1.807, 2.05) is 0 Å². The van der Waals surface area contributed by atoms with Gasteiger partial charge in [-0.2, -0.15) is 4.98 Å². The predicted octanol–water partition coefficient (Wildman–Crippen LogP) is -0.513. The highest BCUT2D eigenvalue weighted by Crippen LogP contribution is 2.64. The van der Waals surface area contributed by atoms with Crippen LogP contribution in [0, 0.1) is 0 Å². The number of nitrogen functional groups attached to an aromatic ring is 1. The van der Waals surface area contributed by atoms with Crippen LogP contribution in [-0.2, 0) is 24.3 Å². The summed E-state index contributed by atoms with van der Waals surface area (Å²) in [6.45, 7) is -0.510. The standard InChI is InChI=1S/C16H18N3O8P/c17-11-6-7-19(15(21)18-11)14-13-12(10(8-20)25-14)26-16(27-13,28(22,23)24)9-4-2-1-3-5-9/h1-7,10,12-14,20H,8H2,(H2,17,18,21)(H2,22,23,24)/t10-,12-,13-,14-,16+/m1/s1. The van der Waals surface area contributed by atoms with Crippen molar-refractivity contribution >= 4 is 13.4 Å². The Labute approximate surface area is 158 Å². The molecule has 1 aromatic heterocycles. The molecule has 1 aromatic carbocycles. The van der Waals surface area contributed by atoms with E-state index in [0.717, 1.165) is 4.57 Å². The molecule has 0 aliphatic carbocycles. The number of nitrogens with two attached hydrogens (primary N) is 1. The molecule has 2 aliphatic heterocycles. The Morgan fingerprint density at radius 2 is 1.86 bits per heavy atom. The van der Waals surface area contributed by atoms with Crippen LogP contribution in [0.2, 0.25) is 0 Å². The number of aliphatic hydroxyl groups excluding tert-OH is 1. The zero-order chi connectivity index (χ0) is 20.1. The number of benzene rings is 1.